The molecule has 8 nitrogen and oxygen atoms in total. The summed E-state index contributed by atoms with van der Waals surface area (Å²) in [4.78, 5) is 30.0. The van der Waals surface area contributed by atoms with Gasteiger partial charge in [0.15, 0.2) is 5.82 Å². The van der Waals surface area contributed by atoms with Crippen LogP contribution in [-0.4, -0.2) is 75.1 Å². The Balaban J connectivity index is 1.38. The predicted molar refractivity (Wildman–Crippen MR) is 108 cm³/mol. The Morgan fingerprint density at radius 3 is 2.50 bits per heavy atom. The lowest BCUT2D eigenvalue weighted by molar-refractivity contribution is -0.132. The van der Waals surface area contributed by atoms with Crippen molar-refractivity contribution in [2.45, 2.75) is 38.3 Å². The van der Waals surface area contributed by atoms with E-state index in [-0.39, 0.29) is 30.1 Å². The minimum absolute atomic E-state index is 0.0423. The summed E-state index contributed by atoms with van der Waals surface area (Å²) in [6.07, 6.45) is 1.76. The van der Waals surface area contributed by atoms with Gasteiger partial charge in [-0.15, -0.1) is 10.2 Å². The summed E-state index contributed by atoms with van der Waals surface area (Å²) in [5.41, 5.74) is 0.411. The molecule has 2 aliphatic rings. The van der Waals surface area contributed by atoms with E-state index in [1.807, 2.05) is 4.90 Å². The third-order valence-electron chi connectivity index (χ3n) is 5.95. The van der Waals surface area contributed by atoms with E-state index < -0.39 is 0 Å². The molecule has 4 rings (SSSR count). The Hall–Kier alpha value is -2.97. The molecule has 0 unspecified atom stereocenters. The summed E-state index contributed by atoms with van der Waals surface area (Å²) in [5.74, 6) is 1.52. The Morgan fingerprint density at radius 2 is 1.80 bits per heavy atom. The molecule has 30 heavy (non-hydrogen) atoms. The predicted octanol–water partition coefficient (Wildman–Crippen LogP) is 1.86. The van der Waals surface area contributed by atoms with Crippen molar-refractivity contribution in [1.82, 2.24) is 29.5 Å². The maximum absolute atomic E-state index is 13.9. The second-order valence-corrected chi connectivity index (χ2v) is 8.15. The number of likely N-dealkylation sites (tertiary alicyclic amines) is 1. The number of nitrogens with zero attached hydrogens (tertiary/aromatic N) is 6. The van der Waals surface area contributed by atoms with Crippen LogP contribution in [0.1, 0.15) is 36.0 Å². The summed E-state index contributed by atoms with van der Waals surface area (Å²) >= 11 is 0. The van der Waals surface area contributed by atoms with Crippen LogP contribution in [0, 0.1) is 5.82 Å². The minimum atomic E-state index is -0.354. The first-order valence-corrected chi connectivity index (χ1v) is 10.3. The van der Waals surface area contributed by atoms with Gasteiger partial charge in [-0.3, -0.25) is 4.79 Å². The fraction of sp³-hybridized carbons (Fsp3) is 0.524. The number of piperidine rings is 1. The van der Waals surface area contributed by atoms with Gasteiger partial charge in [0.05, 0.1) is 13.0 Å². The molecule has 0 atom stereocenters. The number of halogens is 1. The number of fused-ring (bicyclic) bond motifs is 1. The van der Waals surface area contributed by atoms with Crippen LogP contribution in [0.15, 0.2) is 24.3 Å². The van der Waals surface area contributed by atoms with Crippen LogP contribution in [0.4, 0.5) is 9.18 Å². The third-order valence-corrected chi connectivity index (χ3v) is 5.95. The second kappa shape index (κ2) is 8.41. The molecule has 2 aromatic rings. The van der Waals surface area contributed by atoms with Crippen LogP contribution in [0.5, 0.6) is 0 Å². The quantitative estimate of drug-likeness (QED) is 0.769. The van der Waals surface area contributed by atoms with E-state index in [9.17, 15) is 14.0 Å². The van der Waals surface area contributed by atoms with Gasteiger partial charge in [-0.25, -0.2) is 9.18 Å². The Bertz CT molecular complexity index is 935. The smallest absolute Gasteiger partial charge is 0.319 e. The number of carbonyl (C=O) groups excluding carboxylic acids is 2. The van der Waals surface area contributed by atoms with E-state index in [4.69, 9.17) is 0 Å². The summed E-state index contributed by atoms with van der Waals surface area (Å²) in [5, 5.41) is 8.75. The Labute approximate surface area is 175 Å². The van der Waals surface area contributed by atoms with Crippen molar-refractivity contribution in [2.24, 2.45) is 0 Å². The van der Waals surface area contributed by atoms with Crippen molar-refractivity contribution < 1.29 is 14.0 Å². The van der Waals surface area contributed by atoms with Crippen molar-refractivity contribution in [2.75, 3.05) is 33.7 Å². The molecule has 160 valence electrons. The number of hydrogen-bond acceptors (Lipinski definition) is 4. The van der Waals surface area contributed by atoms with Gasteiger partial charge < -0.3 is 19.3 Å². The largest absolute Gasteiger partial charge is 0.333 e. The molecule has 1 fully saturated rings. The van der Waals surface area contributed by atoms with Gasteiger partial charge in [0.25, 0.3) is 0 Å². The van der Waals surface area contributed by atoms with Crippen LogP contribution < -0.4 is 0 Å². The number of carbonyl (C=O) groups is 2. The highest BCUT2D eigenvalue weighted by Gasteiger charge is 2.31. The monoisotopic (exact) mass is 414 g/mol. The molecule has 1 saturated heterocycles. The van der Waals surface area contributed by atoms with Gasteiger partial charge >= 0.3 is 6.03 Å². The zero-order valence-electron chi connectivity index (χ0n) is 17.4. The number of rotatable bonds is 3. The average molecular weight is 414 g/mol. The molecule has 2 aliphatic heterocycles. The lowest BCUT2D eigenvalue weighted by Crippen LogP contribution is -2.44. The minimum Gasteiger partial charge on any atom is -0.333 e. The van der Waals surface area contributed by atoms with Gasteiger partial charge in [-0.2, -0.15) is 0 Å². The molecule has 1 aromatic heterocycles. The van der Waals surface area contributed by atoms with Crippen molar-refractivity contribution >= 4 is 11.9 Å². The summed E-state index contributed by atoms with van der Waals surface area (Å²) in [7, 11) is 3.53. The molecular formula is C21H27FN6O2. The molecule has 3 amide bonds. The van der Waals surface area contributed by atoms with Crippen molar-refractivity contribution in [3.63, 3.8) is 0 Å². The Morgan fingerprint density at radius 1 is 1.07 bits per heavy atom. The van der Waals surface area contributed by atoms with Crippen molar-refractivity contribution in [3.05, 3.63) is 47.3 Å². The molecule has 3 heterocycles. The topological polar surface area (TPSA) is 74.6 Å². The zero-order chi connectivity index (χ0) is 21.3. The third kappa shape index (κ3) is 4.01. The highest BCUT2D eigenvalue weighted by molar-refractivity contribution is 5.78. The molecule has 0 N–H and O–H groups in total. The first-order valence-electron chi connectivity index (χ1n) is 10.3. The number of amides is 3. The van der Waals surface area contributed by atoms with E-state index in [2.05, 4.69) is 14.8 Å². The van der Waals surface area contributed by atoms with Crippen LogP contribution in [0.3, 0.4) is 0 Å². The normalized spacial score (nSPS) is 17.0. The number of urea groups is 1. The molecule has 9 heteroatoms. The zero-order valence-corrected chi connectivity index (χ0v) is 17.4. The number of benzene rings is 1. The lowest BCUT2D eigenvalue weighted by Gasteiger charge is -2.34. The fourth-order valence-electron chi connectivity index (χ4n) is 4.22. The SMILES string of the molecule is CN(C)C(=O)N1CCC(c2nnc3n2CCN(C(=O)Cc2ccccc2F)C3)CC1. The van der Waals surface area contributed by atoms with E-state index in [0.717, 1.165) is 24.5 Å². The standard InChI is InChI=1S/C21H27FN6O2/c1-25(2)21(30)26-9-7-15(8-10-26)20-24-23-18-14-27(11-12-28(18)20)19(29)13-16-5-3-4-6-17(16)22/h3-6,15H,7-14H2,1-2H3. The number of aromatic nitrogens is 3. The fourth-order valence-corrected chi connectivity index (χ4v) is 4.22. The summed E-state index contributed by atoms with van der Waals surface area (Å²) < 4.78 is 16.0. The van der Waals surface area contributed by atoms with E-state index >= 15 is 0 Å². The van der Waals surface area contributed by atoms with E-state index in [0.29, 0.717) is 38.3 Å². The van der Waals surface area contributed by atoms with Crippen LogP contribution >= 0.6 is 0 Å². The Kier molecular flexibility index (Phi) is 5.69. The molecule has 0 saturated carbocycles. The average Bonchev–Trinajstić information content (AvgIpc) is 3.18. The summed E-state index contributed by atoms with van der Waals surface area (Å²) in [6, 6.07) is 6.42. The molecule has 0 bridgehead atoms. The lowest BCUT2D eigenvalue weighted by atomic mass is 9.96. The summed E-state index contributed by atoms with van der Waals surface area (Å²) in [6.45, 7) is 2.99. The van der Waals surface area contributed by atoms with Crippen molar-refractivity contribution in [3.8, 4) is 0 Å². The molecule has 1 aromatic carbocycles. The van der Waals surface area contributed by atoms with Gasteiger partial charge in [-0.05, 0) is 24.5 Å². The van der Waals surface area contributed by atoms with Gasteiger partial charge in [0.1, 0.15) is 11.6 Å². The first kappa shape index (κ1) is 20.3. The van der Waals surface area contributed by atoms with Gasteiger partial charge in [0, 0.05) is 46.2 Å². The maximum atomic E-state index is 13.9. The molecule has 0 spiro atoms. The molecular weight excluding hydrogens is 387 g/mol. The van der Waals surface area contributed by atoms with Crippen LogP contribution in [-0.2, 0) is 24.3 Å². The second-order valence-electron chi connectivity index (χ2n) is 8.15. The first-order chi connectivity index (χ1) is 14.4. The maximum Gasteiger partial charge on any atom is 0.319 e. The van der Waals surface area contributed by atoms with Gasteiger partial charge in [0.2, 0.25) is 5.91 Å². The van der Waals surface area contributed by atoms with Gasteiger partial charge in [-0.1, -0.05) is 18.2 Å². The molecule has 0 aliphatic carbocycles. The van der Waals surface area contributed by atoms with E-state index in [1.54, 1.807) is 42.1 Å². The highest BCUT2D eigenvalue weighted by atomic mass is 19.1. The highest BCUT2D eigenvalue weighted by Crippen LogP contribution is 2.29. The molecule has 0 radical (unpaired) electrons. The van der Waals surface area contributed by atoms with Crippen LogP contribution in [0.25, 0.3) is 0 Å². The van der Waals surface area contributed by atoms with Crippen LogP contribution in [0.2, 0.25) is 0 Å². The van der Waals surface area contributed by atoms with Crippen molar-refractivity contribution in [1.29, 1.82) is 0 Å². The number of hydrogen-bond donors (Lipinski definition) is 0. The van der Waals surface area contributed by atoms with E-state index in [1.165, 1.54) is 6.07 Å².